The molecule has 1 aliphatic heterocycles. The van der Waals surface area contributed by atoms with E-state index in [1.54, 1.807) is 17.0 Å². The van der Waals surface area contributed by atoms with E-state index in [4.69, 9.17) is 16.3 Å². The third-order valence-electron chi connectivity index (χ3n) is 6.57. The van der Waals surface area contributed by atoms with Crippen molar-refractivity contribution in [2.75, 3.05) is 43.1 Å². The minimum Gasteiger partial charge on any atom is -0.370 e. The van der Waals surface area contributed by atoms with E-state index < -0.39 is 6.04 Å². The quantitative estimate of drug-likeness (QED) is 0.505. The highest BCUT2D eigenvalue weighted by atomic mass is 35.5. The van der Waals surface area contributed by atoms with Gasteiger partial charge in [0.2, 0.25) is 5.91 Å². The number of amides is 3. The number of nitrogens with one attached hydrogen (secondary N) is 2. The molecule has 0 unspecified atom stereocenters. The Balaban J connectivity index is 1.27. The van der Waals surface area contributed by atoms with Crippen molar-refractivity contribution in [2.45, 2.75) is 37.8 Å². The van der Waals surface area contributed by atoms with Gasteiger partial charge in [0.25, 0.3) is 11.8 Å². The third-order valence-corrected chi connectivity index (χ3v) is 7.80. The molecule has 3 aliphatic rings. The predicted octanol–water partition coefficient (Wildman–Crippen LogP) is 3.38. The molecule has 8 nitrogen and oxygen atoms in total. The van der Waals surface area contributed by atoms with E-state index in [9.17, 15) is 14.4 Å². The highest BCUT2D eigenvalue weighted by molar-refractivity contribution is 7.18. The SMILES string of the molecule is O=C(NC[C@H](C(=O)Nc1ccc(N2CCOCC2=O)cc1)N(CC1CC1)C1CC1)c1ccc(Cl)s1. The summed E-state index contributed by atoms with van der Waals surface area (Å²) >= 11 is 7.20. The maximum absolute atomic E-state index is 13.5. The molecule has 2 aromatic rings. The summed E-state index contributed by atoms with van der Waals surface area (Å²) in [5.74, 6) is 0.192. The Kier molecular flexibility index (Phi) is 7.38. The summed E-state index contributed by atoms with van der Waals surface area (Å²) in [7, 11) is 0. The molecule has 0 spiro atoms. The Morgan fingerprint density at radius 1 is 1.14 bits per heavy atom. The summed E-state index contributed by atoms with van der Waals surface area (Å²) in [5.41, 5.74) is 1.44. The number of hydrogen-bond donors (Lipinski definition) is 2. The molecule has 1 saturated heterocycles. The average molecular weight is 517 g/mol. The van der Waals surface area contributed by atoms with Gasteiger partial charge in [-0.1, -0.05) is 11.6 Å². The fourth-order valence-corrected chi connectivity index (χ4v) is 5.31. The molecule has 3 fully saturated rings. The van der Waals surface area contributed by atoms with E-state index in [0.29, 0.717) is 40.0 Å². The van der Waals surface area contributed by atoms with Crippen LogP contribution < -0.4 is 15.5 Å². The zero-order valence-electron chi connectivity index (χ0n) is 19.4. The lowest BCUT2D eigenvalue weighted by Gasteiger charge is -2.31. The Labute approximate surface area is 213 Å². The van der Waals surface area contributed by atoms with Crippen LogP contribution in [0.15, 0.2) is 36.4 Å². The van der Waals surface area contributed by atoms with Gasteiger partial charge in [0.05, 0.1) is 15.8 Å². The minimum atomic E-state index is -0.469. The average Bonchev–Trinajstić information content (AvgIpc) is 3.78. The molecule has 1 aromatic carbocycles. The lowest BCUT2D eigenvalue weighted by atomic mass is 10.1. The molecule has 5 rings (SSSR count). The van der Waals surface area contributed by atoms with Gasteiger partial charge in [-0.25, -0.2) is 0 Å². The molecule has 35 heavy (non-hydrogen) atoms. The fourth-order valence-electron chi connectivity index (χ4n) is 4.35. The van der Waals surface area contributed by atoms with Crippen molar-refractivity contribution in [2.24, 2.45) is 5.92 Å². The van der Waals surface area contributed by atoms with E-state index in [0.717, 1.165) is 25.1 Å². The highest BCUT2D eigenvalue weighted by Crippen LogP contribution is 2.36. The molecular weight excluding hydrogens is 488 g/mol. The second-order valence-electron chi connectivity index (χ2n) is 9.34. The molecule has 2 heterocycles. The molecule has 1 atom stereocenters. The van der Waals surface area contributed by atoms with Gasteiger partial charge in [0, 0.05) is 37.1 Å². The molecule has 3 amide bonds. The van der Waals surface area contributed by atoms with Gasteiger partial charge in [-0.2, -0.15) is 0 Å². The minimum absolute atomic E-state index is 0.0731. The van der Waals surface area contributed by atoms with Gasteiger partial charge in [-0.05, 0) is 68.0 Å². The number of ether oxygens (including phenoxy) is 1. The number of hydrogen-bond acceptors (Lipinski definition) is 6. The van der Waals surface area contributed by atoms with Crippen molar-refractivity contribution in [3.8, 4) is 0 Å². The predicted molar refractivity (Wildman–Crippen MR) is 136 cm³/mol. The highest BCUT2D eigenvalue weighted by Gasteiger charge is 2.40. The molecule has 2 aliphatic carbocycles. The molecule has 0 bridgehead atoms. The van der Waals surface area contributed by atoms with Crippen LogP contribution in [-0.4, -0.2) is 67.6 Å². The first kappa shape index (κ1) is 24.2. The molecule has 2 saturated carbocycles. The largest absolute Gasteiger partial charge is 0.370 e. The monoisotopic (exact) mass is 516 g/mol. The van der Waals surface area contributed by atoms with Gasteiger partial charge in [0.1, 0.15) is 12.6 Å². The standard InChI is InChI=1S/C25H29ClN4O4S/c26-22-10-9-21(35-22)25(33)27-13-20(30(19-7-8-19)14-16-1-2-16)24(32)28-17-3-5-18(6-4-17)29-11-12-34-15-23(29)31/h3-6,9-10,16,19-20H,1-2,7-8,11-15H2,(H,27,33)(H,28,32)/t20-/m1/s1. The number of benzene rings is 1. The molecule has 2 N–H and O–H groups in total. The molecule has 186 valence electrons. The zero-order valence-corrected chi connectivity index (χ0v) is 20.9. The van der Waals surface area contributed by atoms with E-state index in [1.165, 1.54) is 24.2 Å². The number of carbonyl (C=O) groups excluding carboxylic acids is 3. The van der Waals surface area contributed by atoms with Crippen molar-refractivity contribution in [3.05, 3.63) is 45.6 Å². The van der Waals surface area contributed by atoms with Crippen molar-refractivity contribution >= 4 is 52.0 Å². The summed E-state index contributed by atoms with van der Waals surface area (Å²) in [6.07, 6.45) is 4.54. The van der Waals surface area contributed by atoms with Crippen molar-refractivity contribution < 1.29 is 19.1 Å². The molecule has 10 heteroatoms. The van der Waals surface area contributed by atoms with E-state index in [1.807, 2.05) is 24.3 Å². The molecular formula is C25H29ClN4O4S. The lowest BCUT2D eigenvalue weighted by molar-refractivity contribution is -0.125. The van der Waals surface area contributed by atoms with Crippen molar-refractivity contribution in [3.63, 3.8) is 0 Å². The zero-order chi connectivity index (χ0) is 24.4. The smallest absolute Gasteiger partial charge is 0.261 e. The first-order chi connectivity index (χ1) is 17.0. The summed E-state index contributed by atoms with van der Waals surface area (Å²) < 4.78 is 5.75. The number of anilines is 2. The number of halogens is 1. The normalized spacial score (nSPS) is 19.0. The first-order valence-electron chi connectivity index (χ1n) is 12.1. The number of morpholine rings is 1. The maximum Gasteiger partial charge on any atom is 0.261 e. The van der Waals surface area contributed by atoms with Gasteiger partial charge < -0.3 is 20.3 Å². The summed E-state index contributed by atoms with van der Waals surface area (Å²) in [5, 5.41) is 5.98. The second-order valence-corrected chi connectivity index (χ2v) is 11.1. The number of nitrogens with zero attached hydrogens (tertiary/aromatic N) is 2. The maximum atomic E-state index is 13.5. The van der Waals surface area contributed by atoms with Crippen LogP contribution in [0.3, 0.4) is 0 Å². The van der Waals surface area contributed by atoms with E-state index in [2.05, 4.69) is 15.5 Å². The Morgan fingerprint density at radius 2 is 1.91 bits per heavy atom. The van der Waals surface area contributed by atoms with Crippen molar-refractivity contribution in [1.82, 2.24) is 10.2 Å². The summed E-state index contributed by atoms with van der Waals surface area (Å²) in [4.78, 5) is 42.7. The van der Waals surface area contributed by atoms with Crippen LogP contribution in [0.2, 0.25) is 4.34 Å². The van der Waals surface area contributed by atoms with Crippen molar-refractivity contribution in [1.29, 1.82) is 0 Å². The summed E-state index contributed by atoms with van der Waals surface area (Å²) in [6, 6.07) is 10.6. The van der Waals surface area contributed by atoms with E-state index in [-0.39, 0.29) is 30.9 Å². The van der Waals surface area contributed by atoms with Crippen LogP contribution in [0.5, 0.6) is 0 Å². The van der Waals surface area contributed by atoms with Crippen LogP contribution in [0.1, 0.15) is 35.4 Å². The van der Waals surface area contributed by atoms with E-state index >= 15 is 0 Å². The first-order valence-corrected chi connectivity index (χ1v) is 13.3. The van der Waals surface area contributed by atoms with Crippen LogP contribution >= 0.6 is 22.9 Å². The Morgan fingerprint density at radius 3 is 2.54 bits per heavy atom. The number of rotatable bonds is 10. The Hall–Kier alpha value is -2.46. The third kappa shape index (κ3) is 6.22. The van der Waals surface area contributed by atoms with Crippen LogP contribution in [-0.2, 0) is 14.3 Å². The molecule has 1 aromatic heterocycles. The summed E-state index contributed by atoms with van der Waals surface area (Å²) in [6.45, 7) is 2.21. The number of thiophene rings is 1. The van der Waals surface area contributed by atoms with Gasteiger partial charge in [-0.15, -0.1) is 11.3 Å². The second kappa shape index (κ2) is 10.7. The Bertz CT molecular complexity index is 1080. The van der Waals surface area contributed by atoms with Gasteiger partial charge in [0.15, 0.2) is 0 Å². The van der Waals surface area contributed by atoms with Crippen LogP contribution in [0, 0.1) is 5.92 Å². The lowest BCUT2D eigenvalue weighted by Crippen LogP contribution is -2.52. The van der Waals surface area contributed by atoms with Gasteiger partial charge >= 0.3 is 0 Å². The number of carbonyl (C=O) groups is 3. The van der Waals surface area contributed by atoms with Crippen LogP contribution in [0.4, 0.5) is 11.4 Å². The van der Waals surface area contributed by atoms with Gasteiger partial charge in [-0.3, -0.25) is 19.3 Å². The topological polar surface area (TPSA) is 91.0 Å². The molecule has 0 radical (unpaired) electrons. The fraction of sp³-hybridized carbons (Fsp3) is 0.480. The van der Waals surface area contributed by atoms with Crippen LogP contribution in [0.25, 0.3) is 0 Å².